The molecule has 0 aliphatic rings. The normalized spacial score (nSPS) is 12.5. The summed E-state index contributed by atoms with van der Waals surface area (Å²) in [4.78, 5) is 8.27. The van der Waals surface area contributed by atoms with Gasteiger partial charge in [-0.05, 0) is 6.92 Å². The Morgan fingerprint density at radius 1 is 1.22 bits per heavy atom. The molecule has 6 nitrogen and oxygen atoms in total. The lowest BCUT2D eigenvalue weighted by atomic mass is 10.2. The topological polar surface area (TPSA) is 69.6 Å². The van der Waals surface area contributed by atoms with Crippen LogP contribution in [0.5, 0.6) is 0 Å². The van der Waals surface area contributed by atoms with Crippen LogP contribution in [0.25, 0.3) is 11.4 Å². The Kier molecular flexibility index (Phi) is 2.60. The summed E-state index contributed by atoms with van der Waals surface area (Å²) >= 11 is 0. The van der Waals surface area contributed by atoms with Crippen LogP contribution in [-0.2, 0) is 0 Å². The first-order chi connectivity index (χ1) is 8.84. The SMILES string of the molecule is CC(c1nc(-c2ccccc2)no1)n1cncn1. The van der Waals surface area contributed by atoms with Crippen molar-refractivity contribution < 1.29 is 4.52 Å². The minimum Gasteiger partial charge on any atom is -0.337 e. The molecule has 0 saturated carbocycles. The molecule has 1 unspecified atom stereocenters. The van der Waals surface area contributed by atoms with Gasteiger partial charge in [-0.3, -0.25) is 0 Å². The van der Waals surface area contributed by atoms with E-state index in [-0.39, 0.29) is 6.04 Å². The largest absolute Gasteiger partial charge is 0.337 e. The van der Waals surface area contributed by atoms with Gasteiger partial charge in [-0.1, -0.05) is 35.5 Å². The van der Waals surface area contributed by atoms with E-state index in [0.29, 0.717) is 11.7 Å². The van der Waals surface area contributed by atoms with E-state index < -0.39 is 0 Å². The van der Waals surface area contributed by atoms with Crippen LogP contribution >= 0.6 is 0 Å². The summed E-state index contributed by atoms with van der Waals surface area (Å²) in [5.41, 5.74) is 0.929. The molecule has 3 rings (SSSR count). The van der Waals surface area contributed by atoms with Gasteiger partial charge in [0.1, 0.15) is 18.7 Å². The lowest BCUT2D eigenvalue weighted by Crippen LogP contribution is -2.07. The molecular formula is C12H11N5O. The second-order valence-corrected chi connectivity index (χ2v) is 3.87. The van der Waals surface area contributed by atoms with E-state index in [1.165, 1.54) is 6.33 Å². The first-order valence-electron chi connectivity index (χ1n) is 5.58. The van der Waals surface area contributed by atoms with Gasteiger partial charge in [-0.2, -0.15) is 10.1 Å². The Morgan fingerprint density at radius 2 is 2.06 bits per heavy atom. The fourth-order valence-electron chi connectivity index (χ4n) is 1.64. The van der Waals surface area contributed by atoms with Gasteiger partial charge in [-0.25, -0.2) is 9.67 Å². The highest BCUT2D eigenvalue weighted by Crippen LogP contribution is 2.19. The molecule has 2 heterocycles. The summed E-state index contributed by atoms with van der Waals surface area (Å²) < 4.78 is 6.92. The van der Waals surface area contributed by atoms with Gasteiger partial charge in [0.15, 0.2) is 0 Å². The number of hydrogen-bond acceptors (Lipinski definition) is 5. The van der Waals surface area contributed by atoms with Crippen LogP contribution in [0.2, 0.25) is 0 Å². The van der Waals surface area contributed by atoms with Gasteiger partial charge < -0.3 is 4.52 Å². The second-order valence-electron chi connectivity index (χ2n) is 3.87. The number of nitrogens with zero attached hydrogens (tertiary/aromatic N) is 5. The average Bonchev–Trinajstić information content (AvgIpc) is 3.10. The number of aromatic nitrogens is 5. The van der Waals surface area contributed by atoms with E-state index in [1.807, 2.05) is 37.3 Å². The van der Waals surface area contributed by atoms with Gasteiger partial charge in [-0.15, -0.1) is 0 Å². The van der Waals surface area contributed by atoms with Crippen molar-refractivity contribution in [2.24, 2.45) is 0 Å². The zero-order valence-corrected chi connectivity index (χ0v) is 9.76. The van der Waals surface area contributed by atoms with Crippen molar-refractivity contribution in [3.8, 4) is 11.4 Å². The first-order valence-corrected chi connectivity index (χ1v) is 5.58. The summed E-state index contributed by atoms with van der Waals surface area (Å²) in [5.74, 6) is 1.09. The summed E-state index contributed by atoms with van der Waals surface area (Å²) in [6.45, 7) is 1.93. The number of benzene rings is 1. The third-order valence-electron chi connectivity index (χ3n) is 2.66. The monoisotopic (exact) mass is 241 g/mol. The number of hydrogen-bond donors (Lipinski definition) is 0. The van der Waals surface area contributed by atoms with Crippen LogP contribution in [0.15, 0.2) is 47.5 Å². The molecule has 6 heteroatoms. The molecule has 0 fully saturated rings. The van der Waals surface area contributed by atoms with Crippen LogP contribution in [-0.4, -0.2) is 24.9 Å². The highest BCUT2D eigenvalue weighted by molar-refractivity contribution is 5.53. The predicted octanol–water partition coefficient (Wildman–Crippen LogP) is 1.94. The van der Waals surface area contributed by atoms with Gasteiger partial charge in [0.2, 0.25) is 5.82 Å². The van der Waals surface area contributed by atoms with Crippen molar-refractivity contribution in [1.82, 2.24) is 24.9 Å². The Labute approximate surface area is 103 Å². The van der Waals surface area contributed by atoms with Gasteiger partial charge in [0, 0.05) is 5.56 Å². The van der Waals surface area contributed by atoms with E-state index in [1.54, 1.807) is 11.0 Å². The van der Waals surface area contributed by atoms with E-state index >= 15 is 0 Å². The molecule has 0 spiro atoms. The smallest absolute Gasteiger partial charge is 0.251 e. The Bertz CT molecular complexity index is 617. The maximum atomic E-state index is 5.25. The molecule has 1 aromatic carbocycles. The third kappa shape index (κ3) is 1.88. The van der Waals surface area contributed by atoms with E-state index in [2.05, 4.69) is 20.2 Å². The van der Waals surface area contributed by atoms with Crippen molar-refractivity contribution in [3.05, 3.63) is 48.9 Å². The molecule has 3 aromatic rings. The van der Waals surface area contributed by atoms with E-state index in [0.717, 1.165) is 5.56 Å². The minimum atomic E-state index is -0.127. The molecule has 0 aliphatic carbocycles. The predicted molar refractivity (Wildman–Crippen MR) is 63.6 cm³/mol. The fraction of sp³-hybridized carbons (Fsp3) is 0.167. The van der Waals surface area contributed by atoms with E-state index in [9.17, 15) is 0 Å². The summed E-state index contributed by atoms with van der Waals surface area (Å²) in [7, 11) is 0. The standard InChI is InChI=1S/C12H11N5O/c1-9(17-8-13-7-14-17)12-15-11(16-18-12)10-5-3-2-4-6-10/h2-9H,1H3. The quantitative estimate of drug-likeness (QED) is 0.700. The molecule has 2 aromatic heterocycles. The lowest BCUT2D eigenvalue weighted by Gasteiger charge is -2.04. The maximum absolute atomic E-state index is 5.25. The minimum absolute atomic E-state index is 0.127. The van der Waals surface area contributed by atoms with Crippen LogP contribution in [0.3, 0.4) is 0 Å². The zero-order chi connectivity index (χ0) is 12.4. The van der Waals surface area contributed by atoms with E-state index in [4.69, 9.17) is 4.52 Å². The fourth-order valence-corrected chi connectivity index (χ4v) is 1.64. The van der Waals surface area contributed by atoms with Crippen molar-refractivity contribution in [3.63, 3.8) is 0 Å². The van der Waals surface area contributed by atoms with Gasteiger partial charge in [0.25, 0.3) is 5.89 Å². The third-order valence-corrected chi connectivity index (χ3v) is 2.66. The molecule has 90 valence electrons. The highest BCUT2D eigenvalue weighted by atomic mass is 16.5. The first kappa shape index (κ1) is 10.6. The molecule has 0 bridgehead atoms. The average molecular weight is 241 g/mol. The maximum Gasteiger partial charge on any atom is 0.251 e. The van der Waals surface area contributed by atoms with Crippen LogP contribution < -0.4 is 0 Å². The summed E-state index contributed by atoms with van der Waals surface area (Å²) in [6, 6.07) is 9.57. The molecule has 0 amide bonds. The molecule has 0 N–H and O–H groups in total. The molecule has 0 aliphatic heterocycles. The van der Waals surface area contributed by atoms with Gasteiger partial charge in [0.05, 0.1) is 0 Å². The van der Waals surface area contributed by atoms with Crippen molar-refractivity contribution >= 4 is 0 Å². The van der Waals surface area contributed by atoms with Crippen LogP contribution in [0.1, 0.15) is 18.9 Å². The molecular weight excluding hydrogens is 230 g/mol. The number of rotatable bonds is 3. The van der Waals surface area contributed by atoms with Crippen LogP contribution in [0, 0.1) is 0 Å². The second kappa shape index (κ2) is 4.40. The molecule has 0 radical (unpaired) electrons. The Balaban J connectivity index is 1.90. The van der Waals surface area contributed by atoms with Crippen molar-refractivity contribution in [2.45, 2.75) is 13.0 Å². The lowest BCUT2D eigenvalue weighted by molar-refractivity contribution is 0.336. The van der Waals surface area contributed by atoms with Crippen molar-refractivity contribution in [1.29, 1.82) is 0 Å². The molecule has 0 saturated heterocycles. The van der Waals surface area contributed by atoms with Crippen molar-refractivity contribution in [2.75, 3.05) is 0 Å². The zero-order valence-electron chi connectivity index (χ0n) is 9.76. The Morgan fingerprint density at radius 3 is 2.78 bits per heavy atom. The molecule has 1 atom stereocenters. The highest BCUT2D eigenvalue weighted by Gasteiger charge is 2.16. The van der Waals surface area contributed by atoms with Gasteiger partial charge >= 0.3 is 0 Å². The van der Waals surface area contributed by atoms with Crippen LogP contribution in [0.4, 0.5) is 0 Å². The summed E-state index contributed by atoms with van der Waals surface area (Å²) in [5, 5.41) is 8.02. The summed E-state index contributed by atoms with van der Waals surface area (Å²) in [6.07, 6.45) is 3.10. The molecule has 18 heavy (non-hydrogen) atoms. The Hall–Kier alpha value is -2.50.